The van der Waals surface area contributed by atoms with Crippen LogP contribution in [0.3, 0.4) is 0 Å². The van der Waals surface area contributed by atoms with Crippen molar-refractivity contribution in [3.63, 3.8) is 0 Å². The van der Waals surface area contributed by atoms with E-state index < -0.39 is 0 Å². The van der Waals surface area contributed by atoms with E-state index in [2.05, 4.69) is 43.3 Å². The van der Waals surface area contributed by atoms with E-state index in [0.717, 1.165) is 0 Å². The van der Waals surface area contributed by atoms with Crippen molar-refractivity contribution in [2.75, 3.05) is 0 Å². The number of thioether (sulfide) groups is 1. The maximum absolute atomic E-state index is 2.12. The number of hydrogen-bond acceptors (Lipinski definition) is 1. The topological polar surface area (TPSA) is 0 Å². The van der Waals surface area contributed by atoms with Gasteiger partial charge in [-0.15, -0.1) is 0 Å². The van der Waals surface area contributed by atoms with Crippen LogP contribution in [0.4, 0.5) is 0 Å². The summed E-state index contributed by atoms with van der Waals surface area (Å²) in [6.45, 7) is 4.15. The lowest BCUT2D eigenvalue weighted by atomic mass is 10.4. The minimum atomic E-state index is 1.29. The second kappa shape index (κ2) is 5.65. The molecule has 0 amide bonds. The van der Waals surface area contributed by atoms with Crippen molar-refractivity contribution < 1.29 is 0 Å². The molecule has 0 spiro atoms. The fraction of sp³-hybridized carbons (Fsp3) is 0.167. The summed E-state index contributed by atoms with van der Waals surface area (Å²) < 4.78 is 0. The predicted molar refractivity (Wildman–Crippen MR) is 60.9 cm³/mol. The van der Waals surface area contributed by atoms with Crippen molar-refractivity contribution >= 4 is 11.8 Å². The molecule has 0 aromatic heterocycles. The minimum Gasteiger partial charge on any atom is -0.0949 e. The van der Waals surface area contributed by atoms with Crippen molar-refractivity contribution in [1.82, 2.24) is 0 Å². The molecule has 1 aromatic rings. The number of hydrogen-bond donors (Lipinski definition) is 0. The molecule has 0 fully saturated rings. The van der Waals surface area contributed by atoms with E-state index in [9.17, 15) is 0 Å². The molecule has 1 heteroatoms. The second-order valence-electron chi connectivity index (χ2n) is 2.72. The van der Waals surface area contributed by atoms with Gasteiger partial charge in [0.15, 0.2) is 0 Å². The smallest absolute Gasteiger partial charge is 0.0118 e. The average molecular weight is 190 g/mol. The summed E-state index contributed by atoms with van der Waals surface area (Å²) in [5, 5.41) is 0. The zero-order valence-electron chi connectivity index (χ0n) is 8.03. The molecule has 1 rings (SSSR count). The molecule has 0 aliphatic heterocycles. The SMILES string of the molecule is CC=CC=C(C)Sc1ccccc1. The second-order valence-corrected chi connectivity index (χ2v) is 4.04. The molecule has 0 unspecified atom stereocenters. The van der Waals surface area contributed by atoms with Crippen LogP contribution in [-0.4, -0.2) is 0 Å². The van der Waals surface area contributed by atoms with Gasteiger partial charge in [-0.1, -0.05) is 48.2 Å². The van der Waals surface area contributed by atoms with Crippen LogP contribution >= 0.6 is 11.8 Å². The van der Waals surface area contributed by atoms with Gasteiger partial charge in [-0.3, -0.25) is 0 Å². The Balaban J connectivity index is 2.60. The third-order valence-electron chi connectivity index (χ3n) is 1.55. The molecule has 0 saturated heterocycles. The summed E-state index contributed by atoms with van der Waals surface area (Å²) in [4.78, 5) is 2.60. The first-order chi connectivity index (χ1) is 6.33. The van der Waals surface area contributed by atoms with Crippen molar-refractivity contribution in [2.24, 2.45) is 0 Å². The van der Waals surface area contributed by atoms with Crippen LogP contribution in [0, 0.1) is 0 Å². The van der Waals surface area contributed by atoms with Crippen LogP contribution in [0.1, 0.15) is 13.8 Å². The van der Waals surface area contributed by atoms with Gasteiger partial charge in [0.1, 0.15) is 0 Å². The van der Waals surface area contributed by atoms with Crippen LogP contribution in [0.15, 0.2) is 58.4 Å². The first-order valence-corrected chi connectivity index (χ1v) is 5.17. The zero-order valence-corrected chi connectivity index (χ0v) is 8.84. The van der Waals surface area contributed by atoms with Gasteiger partial charge in [-0.05, 0) is 30.9 Å². The normalized spacial score (nSPS) is 12.3. The molecule has 0 saturated carbocycles. The van der Waals surface area contributed by atoms with Crippen LogP contribution < -0.4 is 0 Å². The third-order valence-corrected chi connectivity index (χ3v) is 2.51. The quantitative estimate of drug-likeness (QED) is 0.507. The molecule has 0 aliphatic carbocycles. The van der Waals surface area contributed by atoms with Crippen molar-refractivity contribution in [2.45, 2.75) is 18.7 Å². The van der Waals surface area contributed by atoms with E-state index in [-0.39, 0.29) is 0 Å². The molecular formula is C12H14S. The Morgan fingerprint density at radius 1 is 1.23 bits per heavy atom. The lowest BCUT2D eigenvalue weighted by molar-refractivity contribution is 1.46. The van der Waals surface area contributed by atoms with E-state index in [1.807, 2.05) is 19.1 Å². The van der Waals surface area contributed by atoms with Gasteiger partial charge in [0, 0.05) is 4.90 Å². The largest absolute Gasteiger partial charge is 0.0949 e. The first kappa shape index (κ1) is 10.1. The highest BCUT2D eigenvalue weighted by molar-refractivity contribution is 8.03. The van der Waals surface area contributed by atoms with Crippen molar-refractivity contribution in [3.05, 3.63) is 53.5 Å². The van der Waals surface area contributed by atoms with E-state index in [1.165, 1.54) is 9.80 Å². The molecule has 0 aliphatic rings. The number of allylic oxidation sites excluding steroid dienone is 4. The van der Waals surface area contributed by atoms with Gasteiger partial charge in [0.2, 0.25) is 0 Å². The summed E-state index contributed by atoms with van der Waals surface area (Å²) in [6, 6.07) is 10.4. The Kier molecular flexibility index (Phi) is 4.41. The van der Waals surface area contributed by atoms with E-state index in [4.69, 9.17) is 0 Å². The first-order valence-electron chi connectivity index (χ1n) is 4.35. The summed E-state index contributed by atoms with van der Waals surface area (Å²) in [7, 11) is 0. The summed E-state index contributed by atoms with van der Waals surface area (Å²) >= 11 is 1.79. The Hall–Kier alpha value is -0.950. The van der Waals surface area contributed by atoms with Crippen LogP contribution in [0.5, 0.6) is 0 Å². The Bertz CT molecular complexity index is 296. The molecule has 0 atom stereocenters. The molecule has 0 bridgehead atoms. The summed E-state index contributed by atoms with van der Waals surface area (Å²) in [6.07, 6.45) is 6.22. The highest BCUT2D eigenvalue weighted by atomic mass is 32.2. The maximum atomic E-state index is 2.12. The fourth-order valence-corrected chi connectivity index (χ4v) is 1.75. The lowest BCUT2D eigenvalue weighted by Crippen LogP contribution is -1.69. The van der Waals surface area contributed by atoms with E-state index in [1.54, 1.807) is 11.8 Å². The molecule has 0 radical (unpaired) electrons. The van der Waals surface area contributed by atoms with Crippen LogP contribution in [0.2, 0.25) is 0 Å². The van der Waals surface area contributed by atoms with Gasteiger partial charge in [0.25, 0.3) is 0 Å². The standard InChI is InChI=1S/C12H14S/c1-3-4-8-11(2)13-12-9-6-5-7-10-12/h3-10H,1-2H3. The summed E-state index contributed by atoms with van der Waals surface area (Å²) in [5.74, 6) is 0. The van der Waals surface area contributed by atoms with Crippen LogP contribution in [-0.2, 0) is 0 Å². The highest BCUT2D eigenvalue weighted by Crippen LogP contribution is 2.25. The maximum Gasteiger partial charge on any atom is 0.0118 e. The Labute approximate surface area is 84.4 Å². The average Bonchev–Trinajstić information content (AvgIpc) is 2.16. The molecule has 1 aromatic carbocycles. The van der Waals surface area contributed by atoms with E-state index >= 15 is 0 Å². The molecule has 68 valence electrons. The van der Waals surface area contributed by atoms with Gasteiger partial charge in [0.05, 0.1) is 0 Å². The Morgan fingerprint density at radius 2 is 1.92 bits per heavy atom. The van der Waals surface area contributed by atoms with Gasteiger partial charge < -0.3 is 0 Å². The molecule has 0 N–H and O–H groups in total. The number of benzene rings is 1. The van der Waals surface area contributed by atoms with Crippen molar-refractivity contribution in [1.29, 1.82) is 0 Å². The highest BCUT2D eigenvalue weighted by Gasteiger charge is 1.91. The molecular weight excluding hydrogens is 176 g/mol. The molecule has 0 heterocycles. The molecule has 0 nitrogen and oxygen atoms in total. The predicted octanol–water partition coefficient (Wildman–Crippen LogP) is 4.26. The van der Waals surface area contributed by atoms with Crippen LogP contribution in [0.25, 0.3) is 0 Å². The summed E-state index contributed by atoms with van der Waals surface area (Å²) in [5.41, 5.74) is 0. The fourth-order valence-electron chi connectivity index (χ4n) is 0.940. The minimum absolute atomic E-state index is 1.29. The Morgan fingerprint density at radius 3 is 2.54 bits per heavy atom. The van der Waals surface area contributed by atoms with Gasteiger partial charge >= 0.3 is 0 Å². The third kappa shape index (κ3) is 4.00. The van der Waals surface area contributed by atoms with Gasteiger partial charge in [-0.25, -0.2) is 0 Å². The molecule has 13 heavy (non-hydrogen) atoms. The van der Waals surface area contributed by atoms with Gasteiger partial charge in [-0.2, -0.15) is 0 Å². The lowest BCUT2D eigenvalue weighted by Gasteiger charge is -1.98. The van der Waals surface area contributed by atoms with Crippen molar-refractivity contribution in [3.8, 4) is 0 Å². The number of rotatable bonds is 3. The monoisotopic (exact) mass is 190 g/mol. The van der Waals surface area contributed by atoms with E-state index in [0.29, 0.717) is 0 Å². The zero-order chi connectivity index (χ0) is 9.52.